The van der Waals surface area contributed by atoms with Crippen LogP contribution in [-0.4, -0.2) is 13.0 Å². The predicted octanol–water partition coefficient (Wildman–Crippen LogP) is 3.33. The Morgan fingerprint density at radius 2 is 2.22 bits per heavy atom. The largest absolute Gasteiger partial charge is 0.277 e. The fourth-order valence-corrected chi connectivity index (χ4v) is 3.23. The van der Waals surface area contributed by atoms with Crippen LogP contribution >= 0.6 is 23.1 Å². The maximum atomic E-state index is 11.8. The number of nitrogens with one attached hydrogen (secondary N) is 1. The van der Waals surface area contributed by atoms with Gasteiger partial charge in [-0.3, -0.25) is 9.63 Å². The molecule has 0 atom stereocenters. The first kappa shape index (κ1) is 13.1. The molecule has 0 aliphatic carbocycles. The number of thioether (sulfide) groups is 1. The monoisotopic (exact) mass is 279 g/mol. The number of hydroxylamine groups is 1. The Labute approximate surface area is 114 Å². The van der Waals surface area contributed by atoms with E-state index in [0.717, 1.165) is 10.6 Å². The van der Waals surface area contributed by atoms with Crippen molar-refractivity contribution in [1.82, 2.24) is 5.48 Å². The van der Waals surface area contributed by atoms with E-state index < -0.39 is 0 Å². The van der Waals surface area contributed by atoms with Crippen molar-refractivity contribution >= 4 is 29.0 Å². The van der Waals surface area contributed by atoms with E-state index in [2.05, 4.69) is 27.1 Å². The van der Waals surface area contributed by atoms with Crippen molar-refractivity contribution in [2.45, 2.75) is 10.6 Å². The van der Waals surface area contributed by atoms with Gasteiger partial charge in [0.15, 0.2) is 0 Å². The molecule has 1 heterocycles. The fourth-order valence-electron chi connectivity index (χ4n) is 1.46. The summed E-state index contributed by atoms with van der Waals surface area (Å²) in [5, 5.41) is 4.17. The van der Waals surface area contributed by atoms with Crippen molar-refractivity contribution in [2.75, 3.05) is 7.11 Å². The van der Waals surface area contributed by atoms with Crippen molar-refractivity contribution in [3.8, 4) is 0 Å². The Balaban J connectivity index is 2.09. The maximum absolute atomic E-state index is 11.8. The minimum absolute atomic E-state index is 0.217. The molecule has 0 saturated carbocycles. The van der Waals surface area contributed by atoms with E-state index in [0.29, 0.717) is 5.56 Å². The summed E-state index contributed by atoms with van der Waals surface area (Å²) in [6, 6.07) is 9.61. The van der Waals surface area contributed by atoms with Crippen molar-refractivity contribution < 1.29 is 9.63 Å². The molecule has 0 radical (unpaired) electrons. The number of hydrogen-bond acceptors (Lipinski definition) is 4. The summed E-state index contributed by atoms with van der Waals surface area (Å²) in [6.07, 6.45) is 0. The zero-order valence-electron chi connectivity index (χ0n) is 9.88. The van der Waals surface area contributed by atoms with Gasteiger partial charge in [0, 0.05) is 10.6 Å². The minimum Gasteiger partial charge on any atom is -0.277 e. The molecule has 3 nitrogen and oxygen atoms in total. The van der Waals surface area contributed by atoms with Crippen LogP contribution in [0.15, 0.2) is 46.0 Å². The van der Waals surface area contributed by atoms with Gasteiger partial charge < -0.3 is 0 Å². The summed E-state index contributed by atoms with van der Waals surface area (Å²) in [7, 11) is 1.43. The molecule has 1 aromatic heterocycles. The number of thiophene rings is 1. The van der Waals surface area contributed by atoms with Gasteiger partial charge in [-0.25, -0.2) is 5.48 Å². The number of carbonyl (C=O) groups excluding carboxylic acids is 1. The van der Waals surface area contributed by atoms with Crippen LogP contribution in [0, 0.1) is 0 Å². The van der Waals surface area contributed by atoms with Crippen molar-refractivity contribution in [1.29, 1.82) is 0 Å². The van der Waals surface area contributed by atoms with Gasteiger partial charge in [-0.2, -0.15) is 11.3 Å². The van der Waals surface area contributed by atoms with E-state index in [-0.39, 0.29) is 5.91 Å². The topological polar surface area (TPSA) is 38.3 Å². The van der Waals surface area contributed by atoms with Crippen LogP contribution in [0.5, 0.6) is 0 Å². The normalized spacial score (nSPS) is 10.3. The molecule has 94 valence electrons. The molecule has 5 heteroatoms. The molecule has 2 rings (SSSR count). The SMILES string of the molecule is CONC(=O)c1ccccc1SCc1ccsc1. The van der Waals surface area contributed by atoms with Crippen LogP contribution in [0.4, 0.5) is 0 Å². The van der Waals surface area contributed by atoms with Crippen LogP contribution in [0.3, 0.4) is 0 Å². The summed E-state index contributed by atoms with van der Waals surface area (Å²) >= 11 is 3.33. The first-order valence-corrected chi connectivity index (χ1v) is 7.30. The maximum Gasteiger partial charge on any atom is 0.275 e. The molecule has 0 spiro atoms. The van der Waals surface area contributed by atoms with Crippen LogP contribution < -0.4 is 5.48 Å². The van der Waals surface area contributed by atoms with Gasteiger partial charge in [0.1, 0.15) is 0 Å². The van der Waals surface area contributed by atoms with E-state index in [1.807, 2.05) is 18.2 Å². The van der Waals surface area contributed by atoms with E-state index in [1.54, 1.807) is 29.2 Å². The second kappa shape index (κ2) is 6.58. The smallest absolute Gasteiger partial charge is 0.275 e. The van der Waals surface area contributed by atoms with Gasteiger partial charge in [0.2, 0.25) is 0 Å². The van der Waals surface area contributed by atoms with Gasteiger partial charge in [-0.15, -0.1) is 11.8 Å². The summed E-state index contributed by atoms with van der Waals surface area (Å²) in [5.41, 5.74) is 4.25. The summed E-state index contributed by atoms with van der Waals surface area (Å²) in [5.74, 6) is 0.645. The highest BCUT2D eigenvalue weighted by atomic mass is 32.2. The Kier molecular flexibility index (Phi) is 4.81. The third-order valence-corrected chi connectivity index (χ3v) is 4.18. The number of benzene rings is 1. The Hall–Kier alpha value is -1.30. The van der Waals surface area contributed by atoms with E-state index >= 15 is 0 Å². The third-order valence-electron chi connectivity index (χ3n) is 2.30. The van der Waals surface area contributed by atoms with Gasteiger partial charge in [-0.1, -0.05) is 12.1 Å². The van der Waals surface area contributed by atoms with Crippen LogP contribution in [0.2, 0.25) is 0 Å². The van der Waals surface area contributed by atoms with E-state index in [1.165, 1.54) is 12.7 Å². The van der Waals surface area contributed by atoms with Crippen molar-refractivity contribution in [3.05, 3.63) is 52.2 Å². The molecule has 0 fully saturated rings. The highest BCUT2D eigenvalue weighted by molar-refractivity contribution is 7.98. The molecule has 1 N–H and O–H groups in total. The summed E-state index contributed by atoms with van der Waals surface area (Å²) < 4.78 is 0. The molecule has 2 aromatic rings. The molecule has 0 aliphatic rings. The average molecular weight is 279 g/mol. The highest BCUT2D eigenvalue weighted by Gasteiger charge is 2.10. The lowest BCUT2D eigenvalue weighted by atomic mass is 10.2. The van der Waals surface area contributed by atoms with Crippen molar-refractivity contribution in [2.24, 2.45) is 0 Å². The quantitative estimate of drug-likeness (QED) is 0.674. The molecule has 1 amide bonds. The Morgan fingerprint density at radius 1 is 1.39 bits per heavy atom. The molecular weight excluding hydrogens is 266 g/mol. The zero-order chi connectivity index (χ0) is 12.8. The summed E-state index contributed by atoms with van der Waals surface area (Å²) in [6.45, 7) is 0. The molecule has 0 bridgehead atoms. The van der Waals surface area contributed by atoms with Gasteiger partial charge in [-0.05, 0) is 34.5 Å². The first-order chi connectivity index (χ1) is 8.81. The van der Waals surface area contributed by atoms with Crippen LogP contribution in [0.25, 0.3) is 0 Å². The second-order valence-electron chi connectivity index (χ2n) is 3.55. The standard InChI is InChI=1S/C13H13NO2S2/c1-16-14-13(15)11-4-2-3-5-12(11)18-9-10-6-7-17-8-10/h2-8H,9H2,1H3,(H,14,15). The second-order valence-corrected chi connectivity index (χ2v) is 5.35. The van der Waals surface area contributed by atoms with E-state index in [9.17, 15) is 4.79 Å². The third kappa shape index (κ3) is 3.35. The number of carbonyl (C=O) groups is 1. The molecule has 18 heavy (non-hydrogen) atoms. The number of amides is 1. The molecule has 0 unspecified atom stereocenters. The Morgan fingerprint density at radius 3 is 2.94 bits per heavy atom. The van der Waals surface area contributed by atoms with Crippen LogP contribution in [-0.2, 0) is 10.6 Å². The predicted molar refractivity (Wildman–Crippen MR) is 74.8 cm³/mol. The zero-order valence-corrected chi connectivity index (χ0v) is 11.5. The van der Waals surface area contributed by atoms with Gasteiger partial charge in [0.25, 0.3) is 5.91 Å². The first-order valence-electron chi connectivity index (χ1n) is 5.37. The van der Waals surface area contributed by atoms with Crippen LogP contribution in [0.1, 0.15) is 15.9 Å². The Bertz CT molecular complexity index is 511. The van der Waals surface area contributed by atoms with E-state index in [4.69, 9.17) is 0 Å². The lowest BCUT2D eigenvalue weighted by Gasteiger charge is -2.07. The van der Waals surface area contributed by atoms with Gasteiger partial charge >= 0.3 is 0 Å². The molecular formula is C13H13NO2S2. The highest BCUT2D eigenvalue weighted by Crippen LogP contribution is 2.26. The number of hydrogen-bond donors (Lipinski definition) is 1. The molecule has 0 saturated heterocycles. The fraction of sp³-hybridized carbons (Fsp3) is 0.154. The molecule has 0 aliphatic heterocycles. The minimum atomic E-state index is -0.217. The molecule has 1 aromatic carbocycles. The average Bonchev–Trinajstić information content (AvgIpc) is 2.90. The number of rotatable bonds is 5. The summed E-state index contributed by atoms with van der Waals surface area (Å²) in [4.78, 5) is 17.4. The van der Waals surface area contributed by atoms with Crippen molar-refractivity contribution in [3.63, 3.8) is 0 Å². The van der Waals surface area contributed by atoms with Gasteiger partial charge in [0.05, 0.1) is 12.7 Å². The lowest BCUT2D eigenvalue weighted by molar-refractivity contribution is 0.0534. The lowest BCUT2D eigenvalue weighted by Crippen LogP contribution is -2.22.